The Labute approximate surface area is 282 Å². The molecule has 0 aliphatic heterocycles. The first-order chi connectivity index (χ1) is 23.8. The molecule has 0 radical (unpaired) electrons. The highest BCUT2D eigenvalue weighted by atomic mass is 32.1. The van der Waals surface area contributed by atoms with Gasteiger partial charge in [-0.05, 0) is 41.5 Å². The minimum atomic E-state index is 0.728. The second kappa shape index (κ2) is 10.9. The van der Waals surface area contributed by atoms with Gasteiger partial charge in [0.25, 0.3) is 0 Å². The zero-order valence-corrected chi connectivity index (χ0v) is 26.9. The van der Waals surface area contributed by atoms with Crippen LogP contribution in [0.3, 0.4) is 0 Å². The SMILES string of the molecule is C1=C(c2ccccc2)CCc2c1c1c3ccccc3c3sc4ccccc4c3c1n2-c1cc(-c2ccccc2)nc(-c2ccccc2)n1. The topological polar surface area (TPSA) is 30.7 Å². The highest BCUT2D eigenvalue weighted by molar-refractivity contribution is 7.27. The lowest BCUT2D eigenvalue weighted by atomic mass is 9.90. The fourth-order valence-corrected chi connectivity index (χ4v) is 8.82. The lowest BCUT2D eigenvalue weighted by Gasteiger charge is -2.18. The monoisotopic (exact) mass is 631 g/mol. The maximum atomic E-state index is 5.39. The summed E-state index contributed by atoms with van der Waals surface area (Å²) < 4.78 is 5.11. The van der Waals surface area contributed by atoms with Crippen LogP contribution >= 0.6 is 11.3 Å². The minimum Gasteiger partial charge on any atom is -0.297 e. The molecule has 10 rings (SSSR count). The van der Waals surface area contributed by atoms with Crippen LogP contribution in [0.5, 0.6) is 0 Å². The van der Waals surface area contributed by atoms with Gasteiger partial charge in [-0.25, -0.2) is 9.97 Å². The van der Waals surface area contributed by atoms with Crippen molar-refractivity contribution in [1.82, 2.24) is 14.5 Å². The molecule has 0 saturated carbocycles. The van der Waals surface area contributed by atoms with E-state index >= 15 is 0 Å². The van der Waals surface area contributed by atoms with Crippen LogP contribution in [0.15, 0.2) is 146 Å². The summed E-state index contributed by atoms with van der Waals surface area (Å²) in [6, 6.07) is 51.7. The number of nitrogens with zero attached hydrogens (tertiary/aromatic N) is 3. The molecule has 1 aliphatic rings. The van der Waals surface area contributed by atoms with Gasteiger partial charge in [-0.2, -0.15) is 0 Å². The Bertz CT molecular complexity index is 2640. The molecular weight excluding hydrogens is 603 g/mol. The van der Waals surface area contributed by atoms with Crippen molar-refractivity contribution in [3.05, 3.63) is 162 Å². The fourth-order valence-electron chi connectivity index (χ4n) is 7.57. The average Bonchev–Trinajstić information content (AvgIpc) is 3.72. The van der Waals surface area contributed by atoms with E-state index < -0.39 is 0 Å². The molecule has 0 fully saturated rings. The zero-order valence-electron chi connectivity index (χ0n) is 26.1. The van der Waals surface area contributed by atoms with Gasteiger partial charge >= 0.3 is 0 Å². The lowest BCUT2D eigenvalue weighted by Crippen LogP contribution is -2.08. The lowest BCUT2D eigenvalue weighted by molar-refractivity contribution is 0.877. The highest BCUT2D eigenvalue weighted by Crippen LogP contribution is 2.49. The summed E-state index contributed by atoms with van der Waals surface area (Å²) in [5.41, 5.74) is 9.48. The number of hydrogen-bond acceptors (Lipinski definition) is 3. The third-order valence-electron chi connectivity index (χ3n) is 9.72. The van der Waals surface area contributed by atoms with E-state index in [4.69, 9.17) is 9.97 Å². The molecule has 0 bridgehead atoms. The number of benzene rings is 6. The van der Waals surface area contributed by atoms with Gasteiger partial charge in [0.1, 0.15) is 5.82 Å². The summed E-state index contributed by atoms with van der Waals surface area (Å²) in [5.74, 6) is 1.63. The van der Waals surface area contributed by atoms with Gasteiger partial charge in [0, 0.05) is 59.4 Å². The van der Waals surface area contributed by atoms with Gasteiger partial charge in [0.15, 0.2) is 5.82 Å². The van der Waals surface area contributed by atoms with Gasteiger partial charge < -0.3 is 0 Å². The van der Waals surface area contributed by atoms with Gasteiger partial charge in [-0.1, -0.05) is 133 Å². The molecule has 9 aromatic rings. The summed E-state index contributed by atoms with van der Waals surface area (Å²) in [7, 11) is 0. The van der Waals surface area contributed by atoms with E-state index in [9.17, 15) is 0 Å². The van der Waals surface area contributed by atoms with Crippen LogP contribution in [-0.4, -0.2) is 14.5 Å². The van der Waals surface area contributed by atoms with E-state index in [1.165, 1.54) is 64.2 Å². The van der Waals surface area contributed by atoms with Crippen molar-refractivity contribution in [2.75, 3.05) is 0 Å². The molecule has 0 unspecified atom stereocenters. The van der Waals surface area contributed by atoms with Gasteiger partial charge in [0.05, 0.1) is 11.2 Å². The first kappa shape index (κ1) is 27.3. The van der Waals surface area contributed by atoms with Crippen LogP contribution in [0.1, 0.15) is 23.2 Å². The Morgan fingerprint density at radius 2 is 1.17 bits per heavy atom. The third-order valence-corrected chi connectivity index (χ3v) is 10.9. The molecule has 6 aromatic carbocycles. The summed E-state index contributed by atoms with van der Waals surface area (Å²) in [6.07, 6.45) is 4.33. The molecule has 48 heavy (non-hydrogen) atoms. The van der Waals surface area contributed by atoms with E-state index in [2.05, 4.69) is 150 Å². The smallest absolute Gasteiger partial charge is 0.162 e. The largest absolute Gasteiger partial charge is 0.297 e. The van der Waals surface area contributed by atoms with Gasteiger partial charge in [-0.15, -0.1) is 11.3 Å². The summed E-state index contributed by atoms with van der Waals surface area (Å²) in [5, 5.41) is 6.48. The highest BCUT2D eigenvalue weighted by Gasteiger charge is 2.28. The van der Waals surface area contributed by atoms with Gasteiger partial charge in [-0.3, -0.25) is 4.57 Å². The van der Waals surface area contributed by atoms with Gasteiger partial charge in [0.2, 0.25) is 0 Å². The molecule has 226 valence electrons. The number of aromatic nitrogens is 3. The normalized spacial score (nSPS) is 13.0. The summed E-state index contributed by atoms with van der Waals surface area (Å²) in [4.78, 5) is 10.5. The maximum absolute atomic E-state index is 5.39. The van der Waals surface area contributed by atoms with E-state index in [1.807, 2.05) is 17.4 Å². The molecule has 0 amide bonds. The van der Waals surface area contributed by atoms with Crippen LogP contribution in [0, 0.1) is 0 Å². The predicted molar refractivity (Wildman–Crippen MR) is 203 cm³/mol. The van der Waals surface area contributed by atoms with E-state index in [0.717, 1.165) is 41.3 Å². The number of allylic oxidation sites excluding steroid dienone is 1. The fraction of sp³-hybridized carbons (Fsp3) is 0.0455. The molecule has 0 N–H and O–H groups in total. The van der Waals surface area contributed by atoms with Crippen LogP contribution in [-0.2, 0) is 6.42 Å². The Kier molecular flexibility index (Phi) is 6.18. The molecular formula is C44H29N3S. The average molecular weight is 632 g/mol. The third kappa shape index (κ3) is 4.20. The number of thiophene rings is 1. The first-order valence-electron chi connectivity index (χ1n) is 16.5. The standard InChI is InChI=1S/C44H29N3S/c1-4-14-28(15-5-1)31-24-25-37-35(26-31)40-32-20-10-11-21-33(32)43-41(34-22-12-13-23-38(34)48-43)42(40)47(37)39-27-36(29-16-6-2-7-17-29)45-44(46-39)30-18-8-3-9-19-30/h1-23,26-27H,24-25H2. The van der Waals surface area contributed by atoms with E-state index in [-0.39, 0.29) is 0 Å². The Balaban J connectivity index is 1.39. The van der Waals surface area contributed by atoms with Crippen molar-refractivity contribution < 1.29 is 0 Å². The number of rotatable bonds is 4. The van der Waals surface area contributed by atoms with Crippen molar-refractivity contribution in [1.29, 1.82) is 0 Å². The Morgan fingerprint density at radius 3 is 1.92 bits per heavy atom. The first-order valence-corrected chi connectivity index (χ1v) is 17.3. The Morgan fingerprint density at radius 1 is 0.542 bits per heavy atom. The van der Waals surface area contributed by atoms with Crippen molar-refractivity contribution in [2.24, 2.45) is 0 Å². The molecule has 3 aromatic heterocycles. The quantitative estimate of drug-likeness (QED) is 0.193. The summed E-state index contributed by atoms with van der Waals surface area (Å²) >= 11 is 1.89. The van der Waals surface area contributed by atoms with Crippen LogP contribution < -0.4 is 0 Å². The Hall–Kier alpha value is -5.84. The number of fused-ring (bicyclic) bond motifs is 10. The van der Waals surface area contributed by atoms with Crippen molar-refractivity contribution >= 4 is 64.8 Å². The second-order valence-corrected chi connectivity index (χ2v) is 13.5. The maximum Gasteiger partial charge on any atom is 0.162 e. The predicted octanol–water partition coefficient (Wildman–Crippen LogP) is 11.8. The van der Waals surface area contributed by atoms with E-state index in [1.54, 1.807) is 0 Å². The second-order valence-electron chi connectivity index (χ2n) is 12.5. The number of hydrogen-bond donors (Lipinski definition) is 0. The van der Waals surface area contributed by atoms with Crippen molar-refractivity contribution in [2.45, 2.75) is 12.8 Å². The van der Waals surface area contributed by atoms with Crippen LogP contribution in [0.25, 0.3) is 82.0 Å². The molecule has 0 atom stereocenters. The van der Waals surface area contributed by atoms with Crippen LogP contribution in [0.4, 0.5) is 0 Å². The zero-order chi connectivity index (χ0) is 31.6. The molecule has 4 heteroatoms. The molecule has 0 saturated heterocycles. The molecule has 0 spiro atoms. The minimum absolute atomic E-state index is 0.728. The van der Waals surface area contributed by atoms with Crippen LogP contribution in [0.2, 0.25) is 0 Å². The molecule has 3 nitrogen and oxygen atoms in total. The molecule has 3 heterocycles. The van der Waals surface area contributed by atoms with E-state index in [0.29, 0.717) is 0 Å². The van der Waals surface area contributed by atoms with Crippen molar-refractivity contribution in [3.8, 4) is 28.5 Å². The molecule has 1 aliphatic carbocycles. The summed E-state index contributed by atoms with van der Waals surface area (Å²) in [6.45, 7) is 0. The van der Waals surface area contributed by atoms with Crippen molar-refractivity contribution in [3.63, 3.8) is 0 Å².